The summed E-state index contributed by atoms with van der Waals surface area (Å²) < 4.78 is 0. The number of aliphatic hydroxyl groups is 1. The highest BCUT2D eigenvalue weighted by atomic mass is 16.3. The first kappa shape index (κ1) is 12.9. The van der Waals surface area contributed by atoms with E-state index in [2.05, 4.69) is 16.7 Å². The molecule has 0 amide bonds. The molecule has 1 saturated carbocycles. The molecule has 18 heavy (non-hydrogen) atoms. The lowest BCUT2D eigenvalue weighted by Gasteiger charge is -2.34. The Balaban J connectivity index is 1.40. The van der Waals surface area contributed by atoms with E-state index in [1.54, 1.807) is 0 Å². The highest BCUT2D eigenvalue weighted by Gasteiger charge is 2.38. The third-order valence-electron chi connectivity index (χ3n) is 5.31. The minimum absolute atomic E-state index is 0.141. The van der Waals surface area contributed by atoms with Crippen LogP contribution in [0.3, 0.4) is 0 Å². The van der Waals surface area contributed by atoms with E-state index < -0.39 is 0 Å². The van der Waals surface area contributed by atoms with E-state index in [9.17, 15) is 5.11 Å². The molecule has 0 aromatic heterocycles. The SMILES string of the molecule is CC1CCN(CC(O)CN2CC3CCC2C3)CC1. The molecule has 3 unspecified atom stereocenters. The van der Waals surface area contributed by atoms with Crippen molar-refractivity contribution in [2.24, 2.45) is 11.8 Å². The number of nitrogens with zero attached hydrogens (tertiary/aromatic N) is 2. The molecule has 2 bridgehead atoms. The van der Waals surface area contributed by atoms with Crippen molar-refractivity contribution in [3.8, 4) is 0 Å². The van der Waals surface area contributed by atoms with Crippen molar-refractivity contribution in [1.29, 1.82) is 0 Å². The van der Waals surface area contributed by atoms with Crippen molar-refractivity contribution in [2.75, 3.05) is 32.7 Å². The topological polar surface area (TPSA) is 26.7 Å². The van der Waals surface area contributed by atoms with E-state index >= 15 is 0 Å². The summed E-state index contributed by atoms with van der Waals surface area (Å²) in [4.78, 5) is 5.00. The van der Waals surface area contributed by atoms with Crippen LogP contribution in [0.4, 0.5) is 0 Å². The van der Waals surface area contributed by atoms with Crippen LogP contribution >= 0.6 is 0 Å². The molecule has 0 aromatic carbocycles. The zero-order chi connectivity index (χ0) is 12.5. The predicted molar refractivity (Wildman–Crippen MR) is 73.5 cm³/mol. The number of rotatable bonds is 4. The first-order chi connectivity index (χ1) is 8.70. The average Bonchev–Trinajstić information content (AvgIpc) is 2.94. The molecule has 0 aromatic rings. The van der Waals surface area contributed by atoms with Crippen LogP contribution in [-0.2, 0) is 0 Å². The van der Waals surface area contributed by atoms with Crippen LogP contribution in [0.25, 0.3) is 0 Å². The number of likely N-dealkylation sites (tertiary alicyclic amines) is 2. The maximum atomic E-state index is 10.3. The molecule has 1 aliphatic carbocycles. The van der Waals surface area contributed by atoms with Gasteiger partial charge in [0.2, 0.25) is 0 Å². The zero-order valence-corrected chi connectivity index (χ0v) is 11.7. The summed E-state index contributed by atoms with van der Waals surface area (Å²) in [5, 5.41) is 10.3. The van der Waals surface area contributed by atoms with Crippen LogP contribution < -0.4 is 0 Å². The fourth-order valence-corrected chi connectivity index (χ4v) is 4.12. The Kier molecular flexibility index (Phi) is 3.92. The van der Waals surface area contributed by atoms with Gasteiger partial charge in [-0.2, -0.15) is 0 Å². The van der Waals surface area contributed by atoms with Gasteiger partial charge in [0.1, 0.15) is 0 Å². The molecule has 3 atom stereocenters. The van der Waals surface area contributed by atoms with E-state index in [0.29, 0.717) is 0 Å². The lowest BCUT2D eigenvalue weighted by atomic mass is 9.99. The summed E-state index contributed by atoms with van der Waals surface area (Å²) in [6.45, 7) is 7.76. The Morgan fingerprint density at radius 3 is 2.50 bits per heavy atom. The van der Waals surface area contributed by atoms with E-state index in [4.69, 9.17) is 0 Å². The smallest absolute Gasteiger partial charge is 0.0793 e. The zero-order valence-electron chi connectivity index (χ0n) is 11.7. The predicted octanol–water partition coefficient (Wildman–Crippen LogP) is 1.56. The molecule has 3 nitrogen and oxygen atoms in total. The van der Waals surface area contributed by atoms with Gasteiger partial charge in [0.05, 0.1) is 6.10 Å². The van der Waals surface area contributed by atoms with Crippen molar-refractivity contribution in [2.45, 2.75) is 51.2 Å². The lowest BCUT2D eigenvalue weighted by Crippen LogP contribution is -2.45. The van der Waals surface area contributed by atoms with Crippen LogP contribution in [0.2, 0.25) is 0 Å². The van der Waals surface area contributed by atoms with Crippen molar-refractivity contribution in [3.63, 3.8) is 0 Å². The van der Waals surface area contributed by atoms with E-state index in [-0.39, 0.29) is 6.10 Å². The van der Waals surface area contributed by atoms with Gasteiger partial charge in [-0.05, 0) is 57.0 Å². The Bertz CT molecular complexity index is 276. The van der Waals surface area contributed by atoms with Gasteiger partial charge in [-0.25, -0.2) is 0 Å². The van der Waals surface area contributed by atoms with Crippen LogP contribution in [-0.4, -0.2) is 59.8 Å². The van der Waals surface area contributed by atoms with Crippen LogP contribution in [0.1, 0.15) is 39.0 Å². The normalized spacial score (nSPS) is 36.3. The molecule has 2 aliphatic heterocycles. The van der Waals surface area contributed by atoms with Crippen LogP contribution in [0.5, 0.6) is 0 Å². The monoisotopic (exact) mass is 252 g/mol. The molecular weight excluding hydrogens is 224 g/mol. The van der Waals surface area contributed by atoms with Crippen molar-refractivity contribution >= 4 is 0 Å². The maximum Gasteiger partial charge on any atom is 0.0793 e. The highest BCUT2D eigenvalue weighted by Crippen LogP contribution is 2.37. The molecular formula is C15H28N2O. The second kappa shape index (κ2) is 5.48. The molecule has 0 spiro atoms. The second-order valence-electron chi connectivity index (χ2n) is 6.92. The third kappa shape index (κ3) is 2.89. The van der Waals surface area contributed by atoms with Gasteiger partial charge in [-0.3, -0.25) is 4.90 Å². The molecule has 3 fully saturated rings. The fourth-order valence-electron chi connectivity index (χ4n) is 4.12. The number of hydrogen-bond donors (Lipinski definition) is 1. The summed E-state index contributed by atoms with van der Waals surface area (Å²) >= 11 is 0. The fraction of sp³-hybridized carbons (Fsp3) is 1.00. The van der Waals surface area contributed by atoms with Crippen molar-refractivity contribution in [3.05, 3.63) is 0 Å². The van der Waals surface area contributed by atoms with Gasteiger partial charge < -0.3 is 10.0 Å². The number of piperidine rings is 2. The third-order valence-corrected chi connectivity index (χ3v) is 5.31. The second-order valence-corrected chi connectivity index (χ2v) is 6.92. The van der Waals surface area contributed by atoms with Gasteiger partial charge in [0, 0.05) is 25.7 Å². The molecule has 3 rings (SSSR count). The summed E-state index contributed by atoms with van der Waals surface area (Å²) in [5.74, 6) is 1.82. The molecule has 104 valence electrons. The quantitative estimate of drug-likeness (QED) is 0.822. The number of hydrogen-bond acceptors (Lipinski definition) is 3. The number of fused-ring (bicyclic) bond motifs is 2. The molecule has 3 heteroatoms. The summed E-state index contributed by atoms with van der Waals surface area (Å²) in [6, 6.07) is 0.797. The summed E-state index contributed by atoms with van der Waals surface area (Å²) in [6.07, 6.45) is 6.67. The van der Waals surface area contributed by atoms with Crippen LogP contribution in [0.15, 0.2) is 0 Å². The van der Waals surface area contributed by atoms with Crippen LogP contribution in [0, 0.1) is 11.8 Å². The minimum atomic E-state index is -0.141. The van der Waals surface area contributed by atoms with E-state index in [1.807, 2.05) is 0 Å². The molecule has 2 heterocycles. The Morgan fingerprint density at radius 2 is 1.89 bits per heavy atom. The van der Waals surface area contributed by atoms with Gasteiger partial charge >= 0.3 is 0 Å². The Hall–Kier alpha value is -0.120. The van der Waals surface area contributed by atoms with Crippen molar-refractivity contribution < 1.29 is 5.11 Å². The van der Waals surface area contributed by atoms with Gasteiger partial charge in [0.25, 0.3) is 0 Å². The lowest BCUT2D eigenvalue weighted by molar-refractivity contribution is 0.0522. The molecule has 0 radical (unpaired) electrons. The minimum Gasteiger partial charge on any atom is -0.390 e. The Labute approximate surface area is 111 Å². The molecule has 1 N–H and O–H groups in total. The standard InChI is InChI=1S/C15H28N2O/c1-12-4-6-16(7-5-12)10-15(18)11-17-9-13-2-3-14(17)8-13/h12-15,18H,2-11H2,1H3. The molecule has 2 saturated heterocycles. The Morgan fingerprint density at radius 1 is 1.11 bits per heavy atom. The first-order valence-corrected chi connectivity index (χ1v) is 7.85. The summed E-state index contributed by atoms with van der Waals surface area (Å²) in [7, 11) is 0. The van der Waals surface area contributed by atoms with Gasteiger partial charge in [0.15, 0.2) is 0 Å². The van der Waals surface area contributed by atoms with E-state index in [1.165, 1.54) is 51.7 Å². The highest BCUT2D eigenvalue weighted by molar-refractivity contribution is 4.93. The number of aliphatic hydroxyl groups excluding tert-OH is 1. The van der Waals surface area contributed by atoms with Gasteiger partial charge in [-0.15, -0.1) is 0 Å². The van der Waals surface area contributed by atoms with Crippen molar-refractivity contribution in [1.82, 2.24) is 9.80 Å². The van der Waals surface area contributed by atoms with E-state index in [0.717, 1.165) is 31.0 Å². The maximum absolute atomic E-state index is 10.3. The molecule has 3 aliphatic rings. The van der Waals surface area contributed by atoms with Gasteiger partial charge in [-0.1, -0.05) is 6.92 Å². The average molecular weight is 252 g/mol. The first-order valence-electron chi connectivity index (χ1n) is 7.85. The number of β-amino-alcohol motifs (C(OH)–C–C–N with tert-alkyl or cyclic N) is 1. The summed E-state index contributed by atoms with van der Waals surface area (Å²) in [5.41, 5.74) is 0. The largest absolute Gasteiger partial charge is 0.390 e.